The minimum Gasteiger partial charge on any atom is -0.328 e. The van der Waals surface area contributed by atoms with Gasteiger partial charge in [0.25, 0.3) is 5.97 Å². The third-order valence-electron chi connectivity index (χ3n) is 4.19. The first-order valence-corrected chi connectivity index (χ1v) is 9.83. The van der Waals surface area contributed by atoms with Crippen molar-refractivity contribution in [2.24, 2.45) is 5.92 Å². The molecule has 0 aliphatic rings. The zero-order valence-corrected chi connectivity index (χ0v) is 16.4. The lowest BCUT2D eigenvalue weighted by Crippen LogP contribution is -2.46. The first-order chi connectivity index (χ1) is 11.8. The smallest absolute Gasteiger partial charge is 0.328 e. The summed E-state index contributed by atoms with van der Waals surface area (Å²) in [6, 6.07) is 0. The lowest BCUT2D eigenvalue weighted by atomic mass is 9.93. The lowest BCUT2D eigenvalue weighted by Gasteiger charge is -2.39. The minimum absolute atomic E-state index is 0.132. The Hall–Kier alpha value is -0.330. The highest BCUT2D eigenvalue weighted by Crippen LogP contribution is 2.34. The highest BCUT2D eigenvalue weighted by atomic mass is 19.4. The van der Waals surface area contributed by atoms with E-state index in [0.29, 0.717) is 26.2 Å². The molecule has 3 nitrogen and oxygen atoms in total. The number of unbranched alkanes of at least 4 members (excludes halogenated alkanes) is 4. The zero-order valence-electron chi connectivity index (χ0n) is 16.4. The van der Waals surface area contributed by atoms with Gasteiger partial charge >= 0.3 is 6.18 Å². The quantitative estimate of drug-likeness (QED) is 0.230. The van der Waals surface area contributed by atoms with E-state index in [-0.39, 0.29) is 12.3 Å². The molecule has 0 saturated heterocycles. The molecule has 0 aliphatic heterocycles. The molecule has 0 saturated carbocycles. The van der Waals surface area contributed by atoms with E-state index in [1.807, 2.05) is 20.8 Å². The van der Waals surface area contributed by atoms with Crippen molar-refractivity contribution >= 4 is 0 Å². The number of hydrogen-bond donors (Lipinski definition) is 0. The topological polar surface area (TPSA) is 27.7 Å². The van der Waals surface area contributed by atoms with Crippen LogP contribution in [0.3, 0.4) is 0 Å². The molecule has 0 spiro atoms. The number of ether oxygens (including phenoxy) is 3. The second-order valence-corrected chi connectivity index (χ2v) is 6.31. The molecule has 0 N–H and O–H groups in total. The van der Waals surface area contributed by atoms with Crippen LogP contribution < -0.4 is 0 Å². The van der Waals surface area contributed by atoms with Crippen molar-refractivity contribution in [2.45, 2.75) is 97.6 Å². The second kappa shape index (κ2) is 13.8. The molecule has 0 aliphatic carbocycles. The number of alkyl halides is 3. The first kappa shape index (κ1) is 24.7. The molecule has 0 amide bonds. The Morgan fingerprint density at radius 3 is 1.60 bits per heavy atom. The van der Waals surface area contributed by atoms with E-state index in [4.69, 9.17) is 14.2 Å². The molecule has 0 bridgehead atoms. The van der Waals surface area contributed by atoms with E-state index in [2.05, 4.69) is 6.92 Å². The predicted molar refractivity (Wildman–Crippen MR) is 94.4 cm³/mol. The summed E-state index contributed by atoms with van der Waals surface area (Å²) in [6.45, 7) is 9.44. The molecule has 0 aromatic rings. The summed E-state index contributed by atoms with van der Waals surface area (Å²) in [5, 5.41) is 0. The van der Waals surface area contributed by atoms with Crippen molar-refractivity contribution in [1.29, 1.82) is 0 Å². The van der Waals surface area contributed by atoms with Gasteiger partial charge in [-0.3, -0.25) is 0 Å². The summed E-state index contributed by atoms with van der Waals surface area (Å²) >= 11 is 0. The standard InChI is InChI=1S/C19H37F3O3/c1-5-14-17(19(23-6-2,24-7-3)25-8-4)15-12-10-9-11-13-16-18(20,21)22/h17H,5-16H2,1-4H3. The van der Waals surface area contributed by atoms with Crippen molar-refractivity contribution < 1.29 is 27.4 Å². The fourth-order valence-electron chi connectivity index (χ4n) is 3.17. The van der Waals surface area contributed by atoms with Crippen LogP contribution in [-0.4, -0.2) is 32.0 Å². The third-order valence-corrected chi connectivity index (χ3v) is 4.19. The Balaban J connectivity index is 4.44. The minimum atomic E-state index is -4.03. The van der Waals surface area contributed by atoms with E-state index < -0.39 is 18.6 Å². The summed E-state index contributed by atoms with van der Waals surface area (Å²) in [5.41, 5.74) is 0. The van der Waals surface area contributed by atoms with Gasteiger partial charge in [0.05, 0.1) is 0 Å². The van der Waals surface area contributed by atoms with Gasteiger partial charge in [-0.05, 0) is 40.0 Å². The average Bonchev–Trinajstić information content (AvgIpc) is 2.52. The van der Waals surface area contributed by atoms with Crippen molar-refractivity contribution in [1.82, 2.24) is 0 Å². The molecule has 152 valence electrons. The molecule has 1 unspecified atom stereocenters. The van der Waals surface area contributed by atoms with Gasteiger partial charge in [0.1, 0.15) is 0 Å². The van der Waals surface area contributed by atoms with Crippen LogP contribution in [0.15, 0.2) is 0 Å². The van der Waals surface area contributed by atoms with E-state index in [9.17, 15) is 13.2 Å². The van der Waals surface area contributed by atoms with Gasteiger partial charge in [0.15, 0.2) is 0 Å². The molecule has 0 heterocycles. The van der Waals surface area contributed by atoms with Crippen molar-refractivity contribution in [3.8, 4) is 0 Å². The van der Waals surface area contributed by atoms with Crippen LogP contribution in [-0.2, 0) is 14.2 Å². The summed E-state index contributed by atoms with van der Waals surface area (Å²) < 4.78 is 54.1. The van der Waals surface area contributed by atoms with E-state index in [1.54, 1.807) is 0 Å². The highest BCUT2D eigenvalue weighted by molar-refractivity contribution is 4.72. The molecule has 0 aromatic heterocycles. The van der Waals surface area contributed by atoms with Gasteiger partial charge in [-0.25, -0.2) is 0 Å². The van der Waals surface area contributed by atoms with E-state index >= 15 is 0 Å². The Labute approximate surface area is 151 Å². The van der Waals surface area contributed by atoms with Gasteiger partial charge in [-0.15, -0.1) is 0 Å². The zero-order chi connectivity index (χ0) is 19.2. The van der Waals surface area contributed by atoms with Crippen LogP contribution in [0.25, 0.3) is 0 Å². The lowest BCUT2D eigenvalue weighted by molar-refractivity contribution is -0.403. The van der Waals surface area contributed by atoms with Crippen LogP contribution in [0, 0.1) is 5.92 Å². The molecule has 1 atom stereocenters. The SMILES string of the molecule is CCCC(CCCCCCCC(F)(F)F)C(OCC)(OCC)OCC. The Kier molecular flexibility index (Phi) is 13.6. The second-order valence-electron chi connectivity index (χ2n) is 6.31. The Bertz CT molecular complexity index is 292. The van der Waals surface area contributed by atoms with Gasteiger partial charge in [-0.2, -0.15) is 13.2 Å². The predicted octanol–water partition coefficient (Wildman–Crippen LogP) is 6.46. The molecule has 0 rings (SSSR count). The third kappa shape index (κ3) is 11.1. The van der Waals surface area contributed by atoms with Crippen LogP contribution in [0.4, 0.5) is 13.2 Å². The molecule has 0 radical (unpaired) electrons. The fourth-order valence-corrected chi connectivity index (χ4v) is 3.17. The molecule has 0 aromatic carbocycles. The number of rotatable bonds is 16. The van der Waals surface area contributed by atoms with Crippen LogP contribution >= 0.6 is 0 Å². The van der Waals surface area contributed by atoms with Gasteiger partial charge in [0.2, 0.25) is 0 Å². The number of halogens is 3. The maximum atomic E-state index is 12.1. The number of hydrogen-bond acceptors (Lipinski definition) is 3. The average molecular weight is 370 g/mol. The van der Waals surface area contributed by atoms with Crippen LogP contribution in [0.5, 0.6) is 0 Å². The first-order valence-electron chi connectivity index (χ1n) is 9.83. The molecule has 6 heteroatoms. The highest BCUT2D eigenvalue weighted by Gasteiger charge is 2.41. The Morgan fingerprint density at radius 2 is 1.16 bits per heavy atom. The molecule has 25 heavy (non-hydrogen) atoms. The summed E-state index contributed by atoms with van der Waals surface area (Å²) in [4.78, 5) is 0. The maximum absolute atomic E-state index is 12.1. The van der Waals surface area contributed by atoms with E-state index in [0.717, 1.165) is 38.5 Å². The van der Waals surface area contributed by atoms with Gasteiger partial charge in [-0.1, -0.05) is 39.0 Å². The molecule has 0 fully saturated rings. The Morgan fingerprint density at radius 1 is 0.680 bits per heavy atom. The van der Waals surface area contributed by atoms with E-state index in [1.165, 1.54) is 0 Å². The van der Waals surface area contributed by atoms with Crippen molar-refractivity contribution in [3.05, 3.63) is 0 Å². The summed E-state index contributed by atoms with van der Waals surface area (Å²) in [7, 11) is 0. The van der Waals surface area contributed by atoms with Crippen LogP contribution in [0.2, 0.25) is 0 Å². The van der Waals surface area contributed by atoms with Crippen LogP contribution in [0.1, 0.15) is 85.5 Å². The summed E-state index contributed by atoms with van der Waals surface area (Å²) in [5.74, 6) is -0.864. The van der Waals surface area contributed by atoms with Gasteiger partial charge < -0.3 is 14.2 Å². The largest absolute Gasteiger partial charge is 0.389 e. The monoisotopic (exact) mass is 370 g/mol. The fraction of sp³-hybridized carbons (Fsp3) is 1.00. The van der Waals surface area contributed by atoms with Gasteiger partial charge in [0, 0.05) is 32.2 Å². The van der Waals surface area contributed by atoms with Crippen molar-refractivity contribution in [2.75, 3.05) is 19.8 Å². The van der Waals surface area contributed by atoms with Crippen molar-refractivity contribution in [3.63, 3.8) is 0 Å². The maximum Gasteiger partial charge on any atom is 0.389 e. The molecular formula is C19H37F3O3. The summed E-state index contributed by atoms with van der Waals surface area (Å²) in [6.07, 6.45) is 1.70. The molecular weight excluding hydrogens is 333 g/mol. The normalized spacial score (nSPS) is 14.0.